The molecule has 2 heterocycles. The number of rotatable bonds is 4. The van der Waals surface area contributed by atoms with Crippen molar-refractivity contribution in [1.82, 2.24) is 15.1 Å². The largest absolute Gasteiger partial charge is 0.357 e. The van der Waals surface area contributed by atoms with E-state index in [1.807, 2.05) is 0 Å². The summed E-state index contributed by atoms with van der Waals surface area (Å²) in [5, 5.41) is 14.1. The summed E-state index contributed by atoms with van der Waals surface area (Å²) in [4.78, 5) is 2.54. The molecule has 1 fully saturated rings. The summed E-state index contributed by atoms with van der Waals surface area (Å²) < 4.78 is 0. The Kier molecular flexibility index (Phi) is 4.56. The monoisotopic (exact) mass is 268 g/mol. The molecule has 0 radical (unpaired) electrons. The summed E-state index contributed by atoms with van der Waals surface area (Å²) in [6.45, 7) is 11.2. The lowest BCUT2D eigenvalue weighted by molar-refractivity contribution is 0.177. The molecule has 1 N–H and O–H groups in total. The van der Waals surface area contributed by atoms with Gasteiger partial charge in [-0.25, -0.2) is 0 Å². The van der Waals surface area contributed by atoms with Gasteiger partial charge in [-0.05, 0) is 26.7 Å². The molecular weight excluding hydrogens is 244 g/mol. The third kappa shape index (κ3) is 3.42. The quantitative estimate of drug-likeness (QED) is 0.911. The minimum Gasteiger partial charge on any atom is -0.357 e. The SMILES string of the molecule is CC(C)c1nnc(NC2CCN(C(C)C)CC2)s1. The molecule has 1 aliphatic heterocycles. The summed E-state index contributed by atoms with van der Waals surface area (Å²) in [7, 11) is 0. The van der Waals surface area contributed by atoms with Crippen LogP contribution in [-0.2, 0) is 0 Å². The zero-order chi connectivity index (χ0) is 13.1. The Hall–Kier alpha value is -0.680. The van der Waals surface area contributed by atoms with Crippen molar-refractivity contribution in [3.8, 4) is 0 Å². The van der Waals surface area contributed by atoms with Crippen LogP contribution in [-0.4, -0.2) is 40.3 Å². The topological polar surface area (TPSA) is 41.1 Å². The van der Waals surface area contributed by atoms with Crippen LogP contribution < -0.4 is 5.32 Å². The average molecular weight is 268 g/mol. The van der Waals surface area contributed by atoms with Crippen molar-refractivity contribution < 1.29 is 0 Å². The summed E-state index contributed by atoms with van der Waals surface area (Å²) in [6.07, 6.45) is 2.41. The first-order valence-electron chi connectivity index (χ1n) is 6.90. The van der Waals surface area contributed by atoms with Crippen LogP contribution in [0, 0.1) is 0 Å². The Labute approximate surface area is 114 Å². The average Bonchev–Trinajstić information content (AvgIpc) is 2.78. The fourth-order valence-corrected chi connectivity index (χ4v) is 3.08. The predicted octanol–water partition coefficient (Wildman–Crippen LogP) is 2.95. The maximum Gasteiger partial charge on any atom is 0.205 e. The van der Waals surface area contributed by atoms with E-state index in [4.69, 9.17) is 0 Å². The number of piperidine rings is 1. The van der Waals surface area contributed by atoms with Crippen LogP contribution in [0.3, 0.4) is 0 Å². The van der Waals surface area contributed by atoms with Crippen LogP contribution in [0.4, 0.5) is 5.13 Å². The van der Waals surface area contributed by atoms with Crippen LogP contribution >= 0.6 is 11.3 Å². The van der Waals surface area contributed by atoms with Gasteiger partial charge in [-0.2, -0.15) is 0 Å². The van der Waals surface area contributed by atoms with Crippen LogP contribution in [0.2, 0.25) is 0 Å². The number of hydrogen-bond donors (Lipinski definition) is 1. The molecule has 1 aliphatic rings. The molecule has 18 heavy (non-hydrogen) atoms. The van der Waals surface area contributed by atoms with Crippen molar-refractivity contribution in [2.24, 2.45) is 0 Å². The van der Waals surface area contributed by atoms with Gasteiger partial charge in [-0.3, -0.25) is 0 Å². The lowest BCUT2D eigenvalue weighted by Crippen LogP contribution is -2.42. The van der Waals surface area contributed by atoms with Crippen molar-refractivity contribution in [2.75, 3.05) is 18.4 Å². The number of nitrogens with zero attached hydrogens (tertiary/aromatic N) is 3. The number of hydrogen-bond acceptors (Lipinski definition) is 5. The highest BCUT2D eigenvalue weighted by molar-refractivity contribution is 7.15. The van der Waals surface area contributed by atoms with Crippen LogP contribution in [0.5, 0.6) is 0 Å². The summed E-state index contributed by atoms with van der Waals surface area (Å²) in [5.41, 5.74) is 0. The Morgan fingerprint density at radius 1 is 1.17 bits per heavy atom. The molecule has 1 saturated heterocycles. The molecule has 0 aromatic carbocycles. The van der Waals surface area contributed by atoms with E-state index in [2.05, 4.69) is 48.1 Å². The van der Waals surface area contributed by atoms with Crippen LogP contribution in [0.1, 0.15) is 51.5 Å². The standard InChI is InChI=1S/C13H24N4S/c1-9(2)12-15-16-13(18-12)14-11-5-7-17(8-6-11)10(3)4/h9-11H,5-8H2,1-4H3,(H,14,16). The highest BCUT2D eigenvalue weighted by Gasteiger charge is 2.21. The van der Waals surface area contributed by atoms with Gasteiger partial charge in [0.15, 0.2) is 0 Å². The second kappa shape index (κ2) is 5.97. The summed E-state index contributed by atoms with van der Waals surface area (Å²) in [6, 6.07) is 1.23. The molecule has 1 aromatic heterocycles. The summed E-state index contributed by atoms with van der Waals surface area (Å²) >= 11 is 1.69. The van der Waals surface area contributed by atoms with E-state index < -0.39 is 0 Å². The van der Waals surface area contributed by atoms with Gasteiger partial charge in [0.25, 0.3) is 0 Å². The fourth-order valence-electron chi connectivity index (χ4n) is 2.26. The van der Waals surface area contributed by atoms with Gasteiger partial charge in [-0.15, -0.1) is 10.2 Å². The van der Waals surface area contributed by atoms with E-state index in [-0.39, 0.29) is 0 Å². The molecule has 0 bridgehead atoms. The molecule has 5 heteroatoms. The normalized spacial score (nSPS) is 18.8. The zero-order valence-electron chi connectivity index (χ0n) is 11.8. The van der Waals surface area contributed by atoms with Crippen molar-refractivity contribution in [1.29, 1.82) is 0 Å². The minimum atomic E-state index is 0.473. The van der Waals surface area contributed by atoms with Crippen LogP contribution in [0.15, 0.2) is 0 Å². The molecule has 2 rings (SSSR count). The van der Waals surface area contributed by atoms with E-state index in [0.29, 0.717) is 18.0 Å². The maximum atomic E-state index is 4.23. The van der Waals surface area contributed by atoms with Gasteiger partial charge in [0, 0.05) is 31.1 Å². The zero-order valence-corrected chi connectivity index (χ0v) is 12.6. The molecule has 0 amide bonds. The molecular formula is C13H24N4S. The summed E-state index contributed by atoms with van der Waals surface area (Å²) in [5.74, 6) is 0.473. The maximum absolute atomic E-state index is 4.23. The van der Waals surface area contributed by atoms with E-state index in [1.165, 1.54) is 25.9 Å². The lowest BCUT2D eigenvalue weighted by atomic mass is 10.0. The van der Waals surface area contributed by atoms with E-state index in [0.717, 1.165) is 10.1 Å². The Morgan fingerprint density at radius 2 is 1.83 bits per heavy atom. The van der Waals surface area contributed by atoms with Crippen molar-refractivity contribution in [2.45, 2.75) is 58.5 Å². The van der Waals surface area contributed by atoms with Crippen LogP contribution in [0.25, 0.3) is 0 Å². The first-order chi connectivity index (χ1) is 8.56. The highest BCUT2D eigenvalue weighted by Crippen LogP contribution is 2.24. The third-order valence-electron chi connectivity index (χ3n) is 3.52. The Morgan fingerprint density at radius 3 is 2.33 bits per heavy atom. The minimum absolute atomic E-state index is 0.473. The smallest absolute Gasteiger partial charge is 0.205 e. The number of likely N-dealkylation sites (tertiary alicyclic amines) is 1. The molecule has 102 valence electrons. The molecule has 0 saturated carbocycles. The number of aromatic nitrogens is 2. The van der Waals surface area contributed by atoms with E-state index >= 15 is 0 Å². The number of anilines is 1. The third-order valence-corrected chi connectivity index (χ3v) is 4.68. The molecule has 4 nitrogen and oxygen atoms in total. The van der Waals surface area contributed by atoms with Gasteiger partial charge < -0.3 is 10.2 Å². The second-order valence-corrected chi connectivity index (χ2v) is 6.66. The molecule has 0 spiro atoms. The molecule has 0 unspecified atom stereocenters. The number of nitrogens with one attached hydrogen (secondary N) is 1. The van der Waals surface area contributed by atoms with Gasteiger partial charge in [-0.1, -0.05) is 25.2 Å². The Bertz CT molecular complexity index is 367. The van der Waals surface area contributed by atoms with Gasteiger partial charge >= 0.3 is 0 Å². The van der Waals surface area contributed by atoms with Gasteiger partial charge in [0.1, 0.15) is 5.01 Å². The van der Waals surface area contributed by atoms with Gasteiger partial charge in [0.05, 0.1) is 0 Å². The molecule has 0 aliphatic carbocycles. The predicted molar refractivity (Wildman–Crippen MR) is 77.4 cm³/mol. The van der Waals surface area contributed by atoms with E-state index in [1.54, 1.807) is 11.3 Å². The molecule has 1 aromatic rings. The van der Waals surface area contributed by atoms with Gasteiger partial charge in [0.2, 0.25) is 5.13 Å². The molecule has 0 atom stereocenters. The lowest BCUT2D eigenvalue weighted by Gasteiger charge is -2.34. The second-order valence-electron chi connectivity index (χ2n) is 5.65. The van der Waals surface area contributed by atoms with E-state index in [9.17, 15) is 0 Å². The first kappa shape index (κ1) is 13.7. The highest BCUT2D eigenvalue weighted by atomic mass is 32.1. The fraction of sp³-hybridized carbons (Fsp3) is 0.846. The first-order valence-corrected chi connectivity index (χ1v) is 7.72. The van der Waals surface area contributed by atoms with Crippen molar-refractivity contribution in [3.63, 3.8) is 0 Å². The van der Waals surface area contributed by atoms with Crippen molar-refractivity contribution >= 4 is 16.5 Å². The van der Waals surface area contributed by atoms with Crippen molar-refractivity contribution in [3.05, 3.63) is 5.01 Å². The Balaban J connectivity index is 1.84.